The number of fused-ring (bicyclic) bond motifs is 1. The van der Waals surface area contributed by atoms with Crippen LogP contribution in [0, 0.1) is 11.8 Å². The van der Waals surface area contributed by atoms with E-state index in [4.69, 9.17) is 0 Å². The Morgan fingerprint density at radius 2 is 2.23 bits per heavy atom. The average molecular weight is 306 g/mol. The molecular formula is C17H30N4O. The Hall–Kier alpha value is -1.36. The van der Waals surface area contributed by atoms with E-state index in [2.05, 4.69) is 34.7 Å². The van der Waals surface area contributed by atoms with Crippen LogP contribution in [0.2, 0.25) is 0 Å². The predicted molar refractivity (Wildman–Crippen MR) is 88.7 cm³/mol. The van der Waals surface area contributed by atoms with Gasteiger partial charge in [0.05, 0.1) is 12.1 Å². The van der Waals surface area contributed by atoms with Gasteiger partial charge in [-0.3, -0.25) is 9.89 Å². The van der Waals surface area contributed by atoms with Gasteiger partial charge in [-0.05, 0) is 56.6 Å². The van der Waals surface area contributed by atoms with Crippen molar-refractivity contribution in [1.82, 2.24) is 20.8 Å². The minimum atomic E-state index is 0.0765. The van der Waals surface area contributed by atoms with E-state index in [0.717, 1.165) is 58.2 Å². The Bertz CT molecular complexity index is 457. The smallest absolute Gasteiger partial charge is 0.224 e. The highest BCUT2D eigenvalue weighted by molar-refractivity contribution is 5.78. The molecule has 5 nitrogen and oxygen atoms in total. The normalized spacial score (nSPS) is 18.7. The number of aromatic amines is 1. The SMILES string of the molecule is CCCNCC(CC1CCc2cn[nH]c2C1)C(=O)NCCC. The topological polar surface area (TPSA) is 69.8 Å². The number of nitrogens with zero attached hydrogens (tertiary/aromatic N) is 1. The summed E-state index contributed by atoms with van der Waals surface area (Å²) in [4.78, 5) is 12.4. The first-order valence-electron chi connectivity index (χ1n) is 8.74. The summed E-state index contributed by atoms with van der Waals surface area (Å²) in [5.41, 5.74) is 2.62. The van der Waals surface area contributed by atoms with Crippen molar-refractivity contribution in [3.8, 4) is 0 Å². The standard InChI is InChI=1S/C17H30N4O/c1-3-7-18-11-15(17(22)19-8-4-2)9-13-5-6-14-12-20-21-16(14)10-13/h12-13,15,18H,3-11H2,1-2H3,(H,19,22)(H,20,21). The zero-order valence-electron chi connectivity index (χ0n) is 14.0. The Labute approximate surface area is 133 Å². The van der Waals surface area contributed by atoms with Crippen LogP contribution in [0.25, 0.3) is 0 Å². The first kappa shape index (κ1) is 17.0. The van der Waals surface area contributed by atoms with Crippen molar-refractivity contribution in [3.05, 3.63) is 17.5 Å². The Morgan fingerprint density at radius 1 is 1.41 bits per heavy atom. The van der Waals surface area contributed by atoms with E-state index in [-0.39, 0.29) is 11.8 Å². The van der Waals surface area contributed by atoms with Gasteiger partial charge in [-0.1, -0.05) is 13.8 Å². The monoisotopic (exact) mass is 306 g/mol. The molecule has 0 bridgehead atoms. The van der Waals surface area contributed by atoms with Crippen LogP contribution in [-0.2, 0) is 17.6 Å². The van der Waals surface area contributed by atoms with Crippen LogP contribution in [-0.4, -0.2) is 35.7 Å². The molecule has 2 rings (SSSR count). The summed E-state index contributed by atoms with van der Waals surface area (Å²) in [6, 6.07) is 0. The van der Waals surface area contributed by atoms with Gasteiger partial charge in [0.2, 0.25) is 5.91 Å². The molecule has 1 aliphatic carbocycles. The lowest BCUT2D eigenvalue weighted by Crippen LogP contribution is -2.39. The van der Waals surface area contributed by atoms with E-state index < -0.39 is 0 Å². The lowest BCUT2D eigenvalue weighted by molar-refractivity contribution is -0.125. The van der Waals surface area contributed by atoms with Crippen molar-refractivity contribution in [1.29, 1.82) is 0 Å². The van der Waals surface area contributed by atoms with Gasteiger partial charge in [0.25, 0.3) is 0 Å². The average Bonchev–Trinajstić information content (AvgIpc) is 2.99. The third-order valence-corrected chi connectivity index (χ3v) is 4.48. The molecule has 1 heterocycles. The number of amides is 1. The molecule has 0 saturated heterocycles. The van der Waals surface area contributed by atoms with E-state index in [1.165, 1.54) is 11.3 Å². The number of hydrogen-bond acceptors (Lipinski definition) is 3. The van der Waals surface area contributed by atoms with Crippen LogP contribution >= 0.6 is 0 Å². The van der Waals surface area contributed by atoms with E-state index in [0.29, 0.717) is 5.92 Å². The summed E-state index contributed by atoms with van der Waals surface area (Å²) >= 11 is 0. The molecule has 22 heavy (non-hydrogen) atoms. The minimum absolute atomic E-state index is 0.0765. The highest BCUT2D eigenvalue weighted by atomic mass is 16.1. The van der Waals surface area contributed by atoms with Crippen molar-refractivity contribution in [2.24, 2.45) is 11.8 Å². The number of rotatable bonds is 9. The number of carbonyl (C=O) groups is 1. The Morgan fingerprint density at radius 3 is 3.00 bits per heavy atom. The summed E-state index contributed by atoms with van der Waals surface area (Å²) in [6.07, 6.45) is 8.28. The zero-order chi connectivity index (χ0) is 15.8. The van der Waals surface area contributed by atoms with Gasteiger partial charge in [0, 0.05) is 18.8 Å². The fourth-order valence-electron chi connectivity index (χ4n) is 3.21. The predicted octanol–water partition coefficient (Wildman–Crippen LogP) is 2.05. The third kappa shape index (κ3) is 4.83. The van der Waals surface area contributed by atoms with Crippen molar-refractivity contribution < 1.29 is 4.79 Å². The van der Waals surface area contributed by atoms with Gasteiger partial charge in [0.15, 0.2) is 0 Å². The molecule has 2 unspecified atom stereocenters. The molecule has 3 N–H and O–H groups in total. The number of carbonyl (C=O) groups excluding carboxylic acids is 1. The van der Waals surface area contributed by atoms with Gasteiger partial charge in [-0.2, -0.15) is 5.10 Å². The van der Waals surface area contributed by atoms with Gasteiger partial charge in [-0.25, -0.2) is 0 Å². The van der Waals surface area contributed by atoms with Crippen LogP contribution < -0.4 is 10.6 Å². The highest BCUT2D eigenvalue weighted by Gasteiger charge is 2.26. The second-order valence-corrected chi connectivity index (χ2v) is 6.41. The van der Waals surface area contributed by atoms with Crippen LogP contribution in [0.5, 0.6) is 0 Å². The lowest BCUT2D eigenvalue weighted by atomic mass is 9.82. The fourth-order valence-corrected chi connectivity index (χ4v) is 3.21. The van der Waals surface area contributed by atoms with Crippen LogP contribution in [0.1, 0.15) is 50.8 Å². The fraction of sp³-hybridized carbons (Fsp3) is 0.765. The largest absolute Gasteiger partial charge is 0.356 e. The molecule has 1 aromatic heterocycles. The number of H-pyrrole nitrogens is 1. The Balaban J connectivity index is 1.89. The van der Waals surface area contributed by atoms with Crippen LogP contribution in [0.3, 0.4) is 0 Å². The molecule has 5 heteroatoms. The molecule has 0 aromatic carbocycles. The molecule has 124 valence electrons. The molecule has 1 aromatic rings. The van der Waals surface area contributed by atoms with Crippen molar-refractivity contribution in [2.45, 2.75) is 52.4 Å². The van der Waals surface area contributed by atoms with Gasteiger partial charge < -0.3 is 10.6 Å². The maximum atomic E-state index is 12.4. The number of aromatic nitrogens is 2. The van der Waals surface area contributed by atoms with Crippen LogP contribution in [0.4, 0.5) is 0 Å². The van der Waals surface area contributed by atoms with E-state index >= 15 is 0 Å². The first-order valence-corrected chi connectivity index (χ1v) is 8.74. The zero-order valence-corrected chi connectivity index (χ0v) is 14.0. The molecule has 0 radical (unpaired) electrons. The van der Waals surface area contributed by atoms with Crippen molar-refractivity contribution >= 4 is 5.91 Å². The van der Waals surface area contributed by atoms with Crippen molar-refractivity contribution in [3.63, 3.8) is 0 Å². The second kappa shape index (κ2) is 8.93. The minimum Gasteiger partial charge on any atom is -0.356 e. The summed E-state index contributed by atoms with van der Waals surface area (Å²) in [6.45, 7) is 6.78. The molecule has 1 amide bonds. The van der Waals surface area contributed by atoms with E-state index in [1.54, 1.807) is 0 Å². The summed E-state index contributed by atoms with van der Waals surface area (Å²) in [5, 5.41) is 13.7. The van der Waals surface area contributed by atoms with Gasteiger partial charge >= 0.3 is 0 Å². The lowest BCUT2D eigenvalue weighted by Gasteiger charge is -2.26. The summed E-state index contributed by atoms with van der Waals surface area (Å²) in [5.74, 6) is 0.863. The molecule has 0 spiro atoms. The molecule has 0 saturated carbocycles. The summed E-state index contributed by atoms with van der Waals surface area (Å²) in [7, 11) is 0. The third-order valence-electron chi connectivity index (χ3n) is 4.48. The summed E-state index contributed by atoms with van der Waals surface area (Å²) < 4.78 is 0. The van der Waals surface area contributed by atoms with Gasteiger partial charge in [0.1, 0.15) is 0 Å². The molecule has 0 fully saturated rings. The first-order chi connectivity index (χ1) is 10.7. The van der Waals surface area contributed by atoms with E-state index in [9.17, 15) is 4.79 Å². The number of nitrogens with one attached hydrogen (secondary N) is 3. The molecule has 2 atom stereocenters. The number of aryl methyl sites for hydroxylation is 1. The second-order valence-electron chi connectivity index (χ2n) is 6.41. The molecule has 0 aliphatic heterocycles. The molecule has 1 aliphatic rings. The van der Waals surface area contributed by atoms with Gasteiger partial charge in [-0.15, -0.1) is 0 Å². The van der Waals surface area contributed by atoms with Crippen molar-refractivity contribution in [2.75, 3.05) is 19.6 Å². The number of hydrogen-bond donors (Lipinski definition) is 3. The maximum absolute atomic E-state index is 12.4. The van der Waals surface area contributed by atoms with Crippen LogP contribution in [0.15, 0.2) is 6.20 Å². The van der Waals surface area contributed by atoms with E-state index in [1.807, 2.05) is 6.20 Å². The quantitative estimate of drug-likeness (QED) is 0.612. The molecular weight excluding hydrogens is 276 g/mol. The Kier molecular flexibility index (Phi) is 6.90. The highest BCUT2D eigenvalue weighted by Crippen LogP contribution is 2.28. The maximum Gasteiger partial charge on any atom is 0.224 e.